The first-order chi connectivity index (χ1) is 13.9. The molecule has 0 spiro atoms. The fourth-order valence-electron chi connectivity index (χ4n) is 2.72. The molecule has 0 atom stereocenters. The fraction of sp³-hybridized carbons (Fsp3) is 0.0455. The molecule has 6 nitrogen and oxygen atoms in total. The number of halogens is 1. The van der Waals surface area contributed by atoms with Gasteiger partial charge in [0.2, 0.25) is 0 Å². The van der Waals surface area contributed by atoms with Crippen molar-refractivity contribution in [3.05, 3.63) is 82.4 Å². The Bertz CT molecular complexity index is 1130. The molecule has 0 saturated carbocycles. The summed E-state index contributed by atoms with van der Waals surface area (Å²) in [5.41, 5.74) is 5.25. The molecular formula is C22H16ClN3O3. The number of nitrogens with one attached hydrogen (secondary N) is 1. The molecule has 0 saturated heterocycles. The molecule has 0 unspecified atom stereocenters. The molecule has 0 aliphatic carbocycles. The van der Waals surface area contributed by atoms with Crippen LogP contribution in [0.1, 0.15) is 16.7 Å². The summed E-state index contributed by atoms with van der Waals surface area (Å²) < 4.78 is 0. The summed E-state index contributed by atoms with van der Waals surface area (Å²) in [5.74, 6) is -1.62. The lowest BCUT2D eigenvalue weighted by Gasteiger charge is -2.11. The van der Waals surface area contributed by atoms with Gasteiger partial charge in [0.1, 0.15) is 17.4 Å². The zero-order chi connectivity index (χ0) is 21.0. The van der Waals surface area contributed by atoms with Gasteiger partial charge in [-0.05, 0) is 48.9 Å². The summed E-state index contributed by atoms with van der Waals surface area (Å²) in [6.45, 7) is 1.94. The fourth-order valence-corrected chi connectivity index (χ4v) is 2.85. The first-order valence-electron chi connectivity index (χ1n) is 8.56. The zero-order valence-electron chi connectivity index (χ0n) is 15.3. The first-order valence-corrected chi connectivity index (χ1v) is 8.94. The van der Waals surface area contributed by atoms with Crippen LogP contribution in [-0.2, 0) is 4.79 Å². The van der Waals surface area contributed by atoms with Crippen LogP contribution in [0.4, 0.5) is 5.69 Å². The third-order valence-corrected chi connectivity index (χ3v) is 4.46. The second-order valence-corrected chi connectivity index (χ2v) is 6.72. The monoisotopic (exact) mass is 405 g/mol. The van der Waals surface area contributed by atoms with Crippen molar-refractivity contribution >= 4 is 29.0 Å². The van der Waals surface area contributed by atoms with E-state index >= 15 is 0 Å². The second kappa shape index (κ2) is 8.46. The van der Waals surface area contributed by atoms with Crippen LogP contribution >= 0.6 is 11.6 Å². The van der Waals surface area contributed by atoms with Gasteiger partial charge in [0.25, 0.3) is 0 Å². The summed E-state index contributed by atoms with van der Waals surface area (Å²) in [4.78, 5) is 11.8. The van der Waals surface area contributed by atoms with Gasteiger partial charge in [0, 0.05) is 16.1 Å². The van der Waals surface area contributed by atoms with Crippen molar-refractivity contribution < 1.29 is 15.0 Å². The average Bonchev–Trinajstić information content (AvgIpc) is 2.69. The Morgan fingerprint density at radius 2 is 1.76 bits per heavy atom. The van der Waals surface area contributed by atoms with Crippen LogP contribution in [0.15, 0.2) is 65.8 Å². The molecule has 0 fully saturated rings. The Labute approximate surface area is 172 Å². The number of carbonyl (C=O) groups is 1. The highest BCUT2D eigenvalue weighted by atomic mass is 35.5. The molecule has 3 N–H and O–H groups in total. The van der Waals surface area contributed by atoms with Crippen molar-refractivity contribution in [1.82, 2.24) is 0 Å². The predicted molar refractivity (Wildman–Crippen MR) is 112 cm³/mol. The molecule has 144 valence electrons. The van der Waals surface area contributed by atoms with E-state index in [0.717, 1.165) is 5.56 Å². The molecule has 0 heterocycles. The van der Waals surface area contributed by atoms with Crippen molar-refractivity contribution in [3.63, 3.8) is 0 Å². The number of benzene rings is 3. The highest BCUT2D eigenvalue weighted by Gasteiger charge is 2.19. The number of carboxylic acid groups (broad SMARTS) is 1. The van der Waals surface area contributed by atoms with Crippen molar-refractivity contribution in [2.24, 2.45) is 5.10 Å². The lowest BCUT2D eigenvalue weighted by Crippen LogP contribution is -2.16. The van der Waals surface area contributed by atoms with E-state index in [-0.39, 0.29) is 22.6 Å². The van der Waals surface area contributed by atoms with E-state index < -0.39 is 5.97 Å². The third-order valence-electron chi connectivity index (χ3n) is 4.21. The summed E-state index contributed by atoms with van der Waals surface area (Å²) in [6, 6.07) is 18.6. The number of rotatable bonds is 5. The van der Waals surface area contributed by atoms with Gasteiger partial charge in [-0.15, -0.1) is 0 Å². The Balaban J connectivity index is 2.08. The van der Waals surface area contributed by atoms with Crippen LogP contribution in [0.3, 0.4) is 0 Å². The lowest BCUT2D eigenvalue weighted by molar-refractivity contribution is -0.129. The summed E-state index contributed by atoms with van der Waals surface area (Å²) in [5, 5.41) is 33.9. The SMILES string of the molecule is Cc1ccc(N/N=C(/C(=O)O)c2cc(O)c(C#N)c(-c3ccc(Cl)cc3)c2)cc1. The molecule has 3 rings (SSSR count). The van der Waals surface area contributed by atoms with Crippen LogP contribution in [0.2, 0.25) is 5.02 Å². The van der Waals surface area contributed by atoms with Gasteiger partial charge in [0.15, 0.2) is 5.71 Å². The number of aliphatic carboxylic acids is 1. The Kier molecular flexibility index (Phi) is 5.82. The molecule has 0 radical (unpaired) electrons. The molecular weight excluding hydrogens is 390 g/mol. The number of anilines is 1. The number of aryl methyl sites for hydroxylation is 1. The number of phenolic OH excluding ortho intramolecular Hbond substituents is 1. The molecule has 0 aliphatic heterocycles. The first kappa shape index (κ1) is 19.9. The summed E-state index contributed by atoms with van der Waals surface area (Å²) in [7, 11) is 0. The Morgan fingerprint density at radius 1 is 1.10 bits per heavy atom. The minimum atomic E-state index is -1.28. The number of hydrogen-bond donors (Lipinski definition) is 3. The van der Waals surface area contributed by atoms with Gasteiger partial charge in [0.05, 0.1) is 5.69 Å². The number of nitriles is 1. The normalized spacial score (nSPS) is 11.0. The second-order valence-electron chi connectivity index (χ2n) is 6.28. The number of aromatic hydroxyl groups is 1. The molecule has 0 aliphatic rings. The highest BCUT2D eigenvalue weighted by Crippen LogP contribution is 2.32. The number of hydrogen-bond acceptors (Lipinski definition) is 5. The van der Waals surface area contributed by atoms with Gasteiger partial charge in [-0.1, -0.05) is 41.4 Å². The van der Waals surface area contributed by atoms with E-state index in [4.69, 9.17) is 11.6 Å². The quantitative estimate of drug-likeness (QED) is 0.418. The molecule has 3 aromatic rings. The van der Waals surface area contributed by atoms with Gasteiger partial charge >= 0.3 is 5.97 Å². The maximum Gasteiger partial charge on any atom is 0.356 e. The largest absolute Gasteiger partial charge is 0.507 e. The van der Waals surface area contributed by atoms with Crippen molar-refractivity contribution in [1.29, 1.82) is 5.26 Å². The van der Waals surface area contributed by atoms with Crippen LogP contribution in [0, 0.1) is 18.3 Å². The van der Waals surface area contributed by atoms with Crippen LogP contribution in [-0.4, -0.2) is 21.9 Å². The van der Waals surface area contributed by atoms with Crippen molar-refractivity contribution in [3.8, 4) is 22.9 Å². The van der Waals surface area contributed by atoms with Crippen LogP contribution in [0.25, 0.3) is 11.1 Å². The van der Waals surface area contributed by atoms with Crippen LogP contribution in [0.5, 0.6) is 5.75 Å². The minimum Gasteiger partial charge on any atom is -0.507 e. The maximum absolute atomic E-state index is 11.8. The zero-order valence-corrected chi connectivity index (χ0v) is 16.1. The smallest absolute Gasteiger partial charge is 0.356 e. The molecule has 29 heavy (non-hydrogen) atoms. The number of hydrazone groups is 1. The van der Waals surface area contributed by atoms with Gasteiger partial charge in [-0.2, -0.15) is 10.4 Å². The lowest BCUT2D eigenvalue weighted by atomic mass is 9.95. The number of phenols is 1. The minimum absolute atomic E-state index is 0.0345. The number of carboxylic acids is 1. The van der Waals surface area contributed by atoms with Gasteiger partial charge in [-0.3, -0.25) is 5.43 Å². The maximum atomic E-state index is 11.8. The topological polar surface area (TPSA) is 106 Å². The van der Waals surface area contributed by atoms with E-state index in [1.807, 2.05) is 25.1 Å². The highest BCUT2D eigenvalue weighted by molar-refractivity contribution is 6.42. The van der Waals surface area contributed by atoms with E-state index in [1.165, 1.54) is 12.1 Å². The van der Waals surface area contributed by atoms with E-state index in [2.05, 4.69) is 10.5 Å². The van der Waals surface area contributed by atoms with Gasteiger partial charge < -0.3 is 10.2 Å². The molecule has 0 bridgehead atoms. The van der Waals surface area contributed by atoms with Crippen molar-refractivity contribution in [2.45, 2.75) is 6.92 Å². The molecule has 7 heteroatoms. The van der Waals surface area contributed by atoms with E-state index in [1.54, 1.807) is 36.4 Å². The number of nitrogens with zero attached hydrogens (tertiary/aromatic N) is 2. The van der Waals surface area contributed by atoms with E-state index in [9.17, 15) is 20.3 Å². The molecule has 0 amide bonds. The summed E-state index contributed by atoms with van der Waals surface area (Å²) in [6.07, 6.45) is 0. The predicted octanol–water partition coefficient (Wildman–Crippen LogP) is 4.79. The Morgan fingerprint density at radius 3 is 2.34 bits per heavy atom. The van der Waals surface area contributed by atoms with Gasteiger partial charge in [-0.25, -0.2) is 4.79 Å². The molecule has 3 aromatic carbocycles. The summed E-state index contributed by atoms with van der Waals surface area (Å²) >= 11 is 5.92. The van der Waals surface area contributed by atoms with Crippen molar-refractivity contribution in [2.75, 3.05) is 5.43 Å². The average molecular weight is 406 g/mol. The molecule has 0 aromatic heterocycles. The standard InChI is InChI=1S/C22H16ClN3O3/c1-13-2-8-17(9-3-13)25-26-21(22(28)29)15-10-18(19(12-24)20(27)11-15)14-4-6-16(23)7-5-14/h2-11,25,27H,1H3,(H,28,29)/b26-21+. The Hall–Kier alpha value is -3.82. The van der Waals surface area contributed by atoms with E-state index in [0.29, 0.717) is 21.8 Å². The third kappa shape index (κ3) is 4.54. The van der Waals surface area contributed by atoms with Crippen LogP contribution < -0.4 is 5.43 Å².